The molecule has 0 saturated heterocycles. The van der Waals surface area contributed by atoms with E-state index in [1.54, 1.807) is 18.2 Å². The molecule has 1 aromatic heterocycles. The summed E-state index contributed by atoms with van der Waals surface area (Å²) in [4.78, 5) is 0. The monoisotopic (exact) mass is 342 g/mol. The van der Waals surface area contributed by atoms with Crippen LogP contribution in [0.1, 0.15) is 17.0 Å². The minimum absolute atomic E-state index is 0.510. The third-order valence-corrected chi connectivity index (χ3v) is 3.89. The van der Waals surface area contributed by atoms with Gasteiger partial charge >= 0.3 is 0 Å². The molecule has 0 saturated carbocycles. The molecular formula is C14H16Cl2N4S. The summed E-state index contributed by atoms with van der Waals surface area (Å²) in [6.07, 6.45) is 0. The van der Waals surface area contributed by atoms with Crippen LogP contribution < -0.4 is 10.6 Å². The van der Waals surface area contributed by atoms with E-state index in [-0.39, 0.29) is 0 Å². The van der Waals surface area contributed by atoms with Crippen molar-refractivity contribution >= 4 is 46.2 Å². The zero-order valence-electron chi connectivity index (χ0n) is 12.0. The lowest BCUT2D eigenvalue weighted by atomic mass is 10.2. The smallest absolute Gasteiger partial charge is 0.171 e. The van der Waals surface area contributed by atoms with E-state index in [1.165, 1.54) is 0 Å². The van der Waals surface area contributed by atoms with E-state index in [0.29, 0.717) is 21.7 Å². The largest absolute Gasteiger partial charge is 0.358 e. The lowest BCUT2D eigenvalue weighted by molar-refractivity contribution is 0.729. The normalized spacial score (nSPS) is 10.5. The summed E-state index contributed by atoms with van der Waals surface area (Å²) in [5, 5.41) is 12.2. The van der Waals surface area contributed by atoms with Crippen molar-refractivity contribution in [1.82, 2.24) is 15.1 Å². The van der Waals surface area contributed by atoms with Gasteiger partial charge in [-0.15, -0.1) is 0 Å². The zero-order valence-corrected chi connectivity index (χ0v) is 14.3. The Balaban J connectivity index is 1.99. The van der Waals surface area contributed by atoms with Gasteiger partial charge in [0, 0.05) is 40.6 Å². The molecular weight excluding hydrogens is 327 g/mol. The Kier molecular flexibility index (Phi) is 5.08. The first kappa shape index (κ1) is 16.1. The van der Waals surface area contributed by atoms with Crippen LogP contribution in [0.5, 0.6) is 0 Å². The molecule has 0 bridgehead atoms. The maximum Gasteiger partial charge on any atom is 0.171 e. The molecule has 21 heavy (non-hydrogen) atoms. The second-order valence-corrected chi connectivity index (χ2v) is 6.02. The fraction of sp³-hybridized carbons (Fsp3) is 0.286. The van der Waals surface area contributed by atoms with Crippen molar-refractivity contribution in [2.45, 2.75) is 20.4 Å². The van der Waals surface area contributed by atoms with E-state index in [0.717, 1.165) is 22.6 Å². The molecule has 2 rings (SSSR count). The lowest BCUT2D eigenvalue weighted by Crippen LogP contribution is -2.28. The average Bonchev–Trinajstić information content (AvgIpc) is 2.60. The summed E-state index contributed by atoms with van der Waals surface area (Å²) in [7, 11) is 1.93. The van der Waals surface area contributed by atoms with Crippen LogP contribution in [0.25, 0.3) is 0 Å². The van der Waals surface area contributed by atoms with Crippen LogP contribution in [0.2, 0.25) is 10.0 Å². The summed E-state index contributed by atoms with van der Waals surface area (Å²) in [5.74, 6) is 0. The van der Waals surface area contributed by atoms with E-state index in [1.807, 2.05) is 25.6 Å². The van der Waals surface area contributed by atoms with E-state index >= 15 is 0 Å². The molecule has 4 nitrogen and oxygen atoms in total. The molecule has 1 aromatic carbocycles. The Labute approximate surface area is 139 Å². The molecule has 7 heteroatoms. The first-order valence-electron chi connectivity index (χ1n) is 6.37. The van der Waals surface area contributed by atoms with Gasteiger partial charge in [0.05, 0.1) is 5.69 Å². The number of anilines is 1. The molecule has 0 radical (unpaired) electrons. The van der Waals surface area contributed by atoms with Crippen molar-refractivity contribution in [3.8, 4) is 0 Å². The number of aromatic nitrogens is 2. The van der Waals surface area contributed by atoms with Crippen LogP contribution in [0.15, 0.2) is 18.2 Å². The van der Waals surface area contributed by atoms with Crippen molar-refractivity contribution in [2.24, 2.45) is 7.05 Å². The number of aryl methyl sites for hydroxylation is 2. The van der Waals surface area contributed by atoms with E-state index < -0.39 is 0 Å². The second kappa shape index (κ2) is 6.64. The quantitative estimate of drug-likeness (QED) is 0.831. The number of hydrogen-bond acceptors (Lipinski definition) is 2. The predicted molar refractivity (Wildman–Crippen MR) is 92.2 cm³/mol. The molecule has 0 spiro atoms. The number of thiocarbonyl (C=S) groups is 1. The first-order chi connectivity index (χ1) is 9.86. The van der Waals surface area contributed by atoms with E-state index in [9.17, 15) is 0 Å². The maximum atomic E-state index is 5.95. The van der Waals surface area contributed by atoms with Crippen molar-refractivity contribution in [3.05, 3.63) is 45.2 Å². The minimum Gasteiger partial charge on any atom is -0.358 e. The zero-order chi connectivity index (χ0) is 15.6. The highest BCUT2D eigenvalue weighted by atomic mass is 35.5. The van der Waals surface area contributed by atoms with Gasteiger partial charge in [0.2, 0.25) is 0 Å². The molecule has 2 aromatic rings. The van der Waals surface area contributed by atoms with Gasteiger partial charge in [-0.05, 0) is 44.3 Å². The van der Waals surface area contributed by atoms with Gasteiger partial charge in [0.25, 0.3) is 0 Å². The number of nitrogens with one attached hydrogen (secondary N) is 2. The summed E-state index contributed by atoms with van der Waals surface area (Å²) in [6, 6.07) is 5.21. The molecule has 0 aliphatic rings. The third kappa shape index (κ3) is 4.09. The van der Waals surface area contributed by atoms with Crippen LogP contribution >= 0.6 is 35.4 Å². The van der Waals surface area contributed by atoms with Crippen molar-refractivity contribution < 1.29 is 0 Å². The number of nitrogens with zero attached hydrogens (tertiary/aromatic N) is 2. The minimum atomic E-state index is 0.510. The lowest BCUT2D eigenvalue weighted by Gasteiger charge is -2.11. The maximum absolute atomic E-state index is 5.95. The van der Waals surface area contributed by atoms with Gasteiger partial charge in [-0.1, -0.05) is 23.2 Å². The first-order valence-corrected chi connectivity index (χ1v) is 7.53. The molecule has 1 heterocycles. The van der Waals surface area contributed by atoms with Crippen LogP contribution in [0, 0.1) is 13.8 Å². The molecule has 2 N–H and O–H groups in total. The fourth-order valence-electron chi connectivity index (χ4n) is 2.04. The molecule has 0 amide bonds. The molecule has 0 fully saturated rings. The van der Waals surface area contributed by atoms with Gasteiger partial charge in [0.15, 0.2) is 5.11 Å². The molecule has 0 unspecified atom stereocenters. The summed E-state index contributed by atoms with van der Waals surface area (Å²) in [6.45, 7) is 4.63. The number of halogens is 2. The Morgan fingerprint density at radius 1 is 1.24 bits per heavy atom. The molecule has 0 atom stereocenters. The van der Waals surface area contributed by atoms with Gasteiger partial charge in [-0.25, -0.2) is 0 Å². The highest BCUT2D eigenvalue weighted by molar-refractivity contribution is 7.80. The molecule has 112 valence electrons. The third-order valence-electron chi connectivity index (χ3n) is 3.21. The Hall–Kier alpha value is -1.30. The molecule has 0 aliphatic heterocycles. The van der Waals surface area contributed by atoms with Crippen molar-refractivity contribution in [3.63, 3.8) is 0 Å². The Morgan fingerprint density at radius 2 is 1.86 bits per heavy atom. The van der Waals surface area contributed by atoms with Crippen LogP contribution in [0.4, 0.5) is 5.69 Å². The Morgan fingerprint density at radius 3 is 2.38 bits per heavy atom. The highest BCUT2D eigenvalue weighted by Gasteiger charge is 2.09. The van der Waals surface area contributed by atoms with E-state index in [2.05, 4.69) is 15.7 Å². The SMILES string of the molecule is Cc1nn(C)c(C)c1CNC(=S)Nc1cc(Cl)cc(Cl)c1. The van der Waals surface area contributed by atoms with Crippen molar-refractivity contribution in [2.75, 3.05) is 5.32 Å². The number of hydrogen-bond donors (Lipinski definition) is 2. The van der Waals surface area contributed by atoms with Gasteiger partial charge in [0.1, 0.15) is 0 Å². The Bertz CT molecular complexity index is 662. The van der Waals surface area contributed by atoms with Crippen LogP contribution in [-0.2, 0) is 13.6 Å². The standard InChI is InChI=1S/C14H16Cl2N4S/c1-8-13(9(2)20(3)19-8)7-17-14(21)18-12-5-10(15)4-11(16)6-12/h4-6H,7H2,1-3H3,(H2,17,18,21). The number of rotatable bonds is 3. The van der Waals surface area contributed by atoms with Gasteiger partial charge in [-0.3, -0.25) is 4.68 Å². The fourth-order valence-corrected chi connectivity index (χ4v) is 2.76. The summed E-state index contributed by atoms with van der Waals surface area (Å²) in [5.41, 5.74) is 4.01. The van der Waals surface area contributed by atoms with Gasteiger partial charge < -0.3 is 10.6 Å². The van der Waals surface area contributed by atoms with Crippen LogP contribution in [-0.4, -0.2) is 14.9 Å². The van der Waals surface area contributed by atoms with E-state index in [4.69, 9.17) is 35.4 Å². The van der Waals surface area contributed by atoms with Crippen LogP contribution in [0.3, 0.4) is 0 Å². The highest BCUT2D eigenvalue weighted by Crippen LogP contribution is 2.22. The summed E-state index contributed by atoms with van der Waals surface area (Å²) < 4.78 is 1.86. The van der Waals surface area contributed by atoms with Gasteiger partial charge in [-0.2, -0.15) is 5.10 Å². The molecule has 0 aliphatic carbocycles. The topological polar surface area (TPSA) is 41.9 Å². The predicted octanol–water partition coefficient (Wildman–Crippen LogP) is 3.83. The number of benzene rings is 1. The summed E-state index contributed by atoms with van der Waals surface area (Å²) >= 11 is 17.2. The second-order valence-electron chi connectivity index (χ2n) is 4.74. The van der Waals surface area contributed by atoms with Crippen molar-refractivity contribution in [1.29, 1.82) is 0 Å². The average molecular weight is 343 g/mol.